The zero-order valence-electron chi connectivity index (χ0n) is 24.2. The summed E-state index contributed by atoms with van der Waals surface area (Å²) < 4.78 is 24.7. The van der Waals surface area contributed by atoms with Crippen molar-refractivity contribution in [2.45, 2.75) is 46.6 Å². The average molecular weight is 605 g/mol. The number of rotatable bonds is 8. The minimum absolute atomic E-state index is 0.168. The smallest absolute Gasteiger partial charge is 0.259 e. The molecule has 42 heavy (non-hydrogen) atoms. The standard InChI is InChI=1S/C34H34ClFN2O3S/c1-34(2,3)23-8-15-27-30(18-23)42-33(31(27)32(39)38-26-13-9-24(35)10-14-26)37-19-22-7-16-28(29(17-22)40-4)41-20-21-5-11-25(36)12-6-21/h5-7,9-14,16-17,19,23H,8,15,18,20H2,1-4H3,(H,38,39)/t23-/m1/s1. The lowest BCUT2D eigenvalue weighted by atomic mass is 9.72. The molecule has 0 saturated carbocycles. The number of amides is 1. The largest absolute Gasteiger partial charge is 0.493 e. The molecule has 1 atom stereocenters. The van der Waals surface area contributed by atoms with E-state index in [1.807, 2.05) is 18.2 Å². The Morgan fingerprint density at radius 1 is 1.10 bits per heavy atom. The molecular formula is C34H34ClFN2O3S. The van der Waals surface area contributed by atoms with Gasteiger partial charge in [-0.25, -0.2) is 9.38 Å². The highest BCUT2D eigenvalue weighted by molar-refractivity contribution is 7.16. The second kappa shape index (κ2) is 12.7. The maximum Gasteiger partial charge on any atom is 0.259 e. The summed E-state index contributed by atoms with van der Waals surface area (Å²) in [6.07, 6.45) is 4.58. The van der Waals surface area contributed by atoms with E-state index in [-0.39, 0.29) is 23.7 Å². The van der Waals surface area contributed by atoms with Crippen LogP contribution in [0.15, 0.2) is 71.7 Å². The van der Waals surface area contributed by atoms with Gasteiger partial charge in [-0.1, -0.05) is 44.5 Å². The summed E-state index contributed by atoms with van der Waals surface area (Å²) in [5, 5.41) is 4.34. The van der Waals surface area contributed by atoms with Crippen LogP contribution in [0.2, 0.25) is 5.02 Å². The zero-order valence-corrected chi connectivity index (χ0v) is 25.7. The highest BCUT2D eigenvalue weighted by Gasteiger charge is 2.33. The van der Waals surface area contributed by atoms with Crippen molar-refractivity contribution in [3.8, 4) is 11.5 Å². The fourth-order valence-electron chi connectivity index (χ4n) is 5.12. The van der Waals surface area contributed by atoms with E-state index in [1.54, 1.807) is 61.1 Å². The second-order valence-corrected chi connectivity index (χ2v) is 13.1. The molecule has 0 saturated heterocycles. The van der Waals surface area contributed by atoms with Crippen LogP contribution in [-0.2, 0) is 19.4 Å². The van der Waals surface area contributed by atoms with Crippen molar-refractivity contribution in [3.63, 3.8) is 0 Å². The summed E-state index contributed by atoms with van der Waals surface area (Å²) in [4.78, 5) is 19.7. The van der Waals surface area contributed by atoms with Gasteiger partial charge in [-0.15, -0.1) is 11.3 Å². The molecule has 0 unspecified atom stereocenters. The topological polar surface area (TPSA) is 59.9 Å². The van der Waals surface area contributed by atoms with Gasteiger partial charge < -0.3 is 14.8 Å². The number of carbonyl (C=O) groups is 1. The van der Waals surface area contributed by atoms with E-state index in [1.165, 1.54) is 17.0 Å². The number of thiophene rings is 1. The summed E-state index contributed by atoms with van der Waals surface area (Å²) in [6.45, 7) is 7.13. The molecule has 1 heterocycles. The number of nitrogens with zero attached hydrogens (tertiary/aromatic N) is 1. The lowest BCUT2D eigenvalue weighted by Gasteiger charge is -2.33. The number of halogens is 2. The maximum absolute atomic E-state index is 13.6. The van der Waals surface area contributed by atoms with Crippen LogP contribution in [0.1, 0.15) is 59.1 Å². The quantitative estimate of drug-likeness (QED) is 0.204. The number of nitrogens with one attached hydrogen (secondary N) is 1. The molecule has 5 nitrogen and oxygen atoms in total. The number of carbonyl (C=O) groups excluding carboxylic acids is 1. The highest BCUT2D eigenvalue weighted by atomic mass is 35.5. The Labute approximate surface area is 255 Å². The summed E-state index contributed by atoms with van der Waals surface area (Å²) in [6, 6.07) is 18.9. The third-order valence-corrected chi connectivity index (χ3v) is 9.04. The Balaban J connectivity index is 1.41. The molecule has 0 bridgehead atoms. The molecule has 1 aromatic heterocycles. The van der Waals surface area contributed by atoms with Gasteiger partial charge in [0, 0.05) is 21.8 Å². The first-order chi connectivity index (χ1) is 20.1. The van der Waals surface area contributed by atoms with Gasteiger partial charge in [0.2, 0.25) is 0 Å². The minimum atomic E-state index is -0.286. The van der Waals surface area contributed by atoms with E-state index >= 15 is 0 Å². The predicted molar refractivity (Wildman–Crippen MR) is 170 cm³/mol. The molecule has 4 aromatic rings. The molecule has 3 aromatic carbocycles. The Hall–Kier alpha value is -3.68. The Morgan fingerprint density at radius 2 is 1.83 bits per heavy atom. The van der Waals surface area contributed by atoms with Crippen LogP contribution in [0.4, 0.5) is 15.1 Å². The van der Waals surface area contributed by atoms with Crippen molar-refractivity contribution in [2.24, 2.45) is 16.3 Å². The fraction of sp³-hybridized carbons (Fsp3) is 0.294. The Bertz CT molecular complexity index is 1590. The first-order valence-electron chi connectivity index (χ1n) is 13.9. The normalized spacial score (nSPS) is 15.0. The number of hydrogen-bond donors (Lipinski definition) is 1. The average Bonchev–Trinajstić information content (AvgIpc) is 3.34. The van der Waals surface area contributed by atoms with Gasteiger partial charge in [0.15, 0.2) is 11.5 Å². The van der Waals surface area contributed by atoms with E-state index < -0.39 is 0 Å². The lowest BCUT2D eigenvalue weighted by molar-refractivity contribution is 0.102. The van der Waals surface area contributed by atoms with Gasteiger partial charge in [-0.2, -0.15) is 0 Å². The lowest BCUT2D eigenvalue weighted by Crippen LogP contribution is -2.27. The molecule has 8 heteroatoms. The van der Waals surface area contributed by atoms with Crippen molar-refractivity contribution in [1.82, 2.24) is 0 Å². The summed E-state index contributed by atoms with van der Waals surface area (Å²) in [5.74, 6) is 1.21. The molecule has 1 aliphatic rings. The number of hydrogen-bond acceptors (Lipinski definition) is 5. The van der Waals surface area contributed by atoms with Gasteiger partial charge in [-0.3, -0.25) is 4.79 Å². The molecule has 1 N–H and O–H groups in total. The number of fused-ring (bicyclic) bond motifs is 1. The number of benzene rings is 3. The van der Waals surface area contributed by atoms with Crippen molar-refractivity contribution in [3.05, 3.63) is 105 Å². The van der Waals surface area contributed by atoms with Crippen LogP contribution < -0.4 is 14.8 Å². The van der Waals surface area contributed by atoms with Crippen LogP contribution in [0, 0.1) is 17.2 Å². The monoisotopic (exact) mass is 604 g/mol. The molecular weight excluding hydrogens is 571 g/mol. The number of methoxy groups -OCH3 is 1. The first kappa shape index (κ1) is 29.8. The SMILES string of the molecule is COc1cc(C=Nc2sc3c(c2C(=O)Nc2ccc(Cl)cc2)CC[C@@H](C(C)(C)C)C3)ccc1OCc1ccc(F)cc1. The highest BCUT2D eigenvalue weighted by Crippen LogP contribution is 2.45. The Kier molecular flexibility index (Phi) is 8.99. The fourth-order valence-corrected chi connectivity index (χ4v) is 6.52. The van der Waals surface area contributed by atoms with Crippen LogP contribution in [0.25, 0.3) is 0 Å². The number of anilines is 1. The van der Waals surface area contributed by atoms with Gasteiger partial charge in [-0.05, 0) is 102 Å². The van der Waals surface area contributed by atoms with Gasteiger partial charge in [0.25, 0.3) is 5.91 Å². The zero-order chi connectivity index (χ0) is 29.9. The van der Waals surface area contributed by atoms with E-state index in [4.69, 9.17) is 26.1 Å². The molecule has 0 aliphatic heterocycles. The van der Waals surface area contributed by atoms with Crippen LogP contribution >= 0.6 is 22.9 Å². The second-order valence-electron chi connectivity index (χ2n) is 11.5. The van der Waals surface area contributed by atoms with Gasteiger partial charge in [0.1, 0.15) is 17.4 Å². The molecule has 1 amide bonds. The van der Waals surface area contributed by atoms with Crippen molar-refractivity contribution in [1.29, 1.82) is 0 Å². The predicted octanol–water partition coefficient (Wildman–Crippen LogP) is 9.28. The molecule has 1 aliphatic carbocycles. The third-order valence-electron chi connectivity index (χ3n) is 7.63. The van der Waals surface area contributed by atoms with Crippen LogP contribution in [0.3, 0.4) is 0 Å². The molecule has 0 radical (unpaired) electrons. The van der Waals surface area contributed by atoms with Crippen LogP contribution in [-0.4, -0.2) is 19.2 Å². The van der Waals surface area contributed by atoms with Crippen LogP contribution in [0.5, 0.6) is 11.5 Å². The third kappa shape index (κ3) is 7.02. The molecule has 0 fully saturated rings. The molecule has 5 rings (SSSR count). The van der Waals surface area contributed by atoms with E-state index in [0.29, 0.717) is 38.7 Å². The van der Waals surface area contributed by atoms with Crippen molar-refractivity contribution in [2.75, 3.05) is 12.4 Å². The van der Waals surface area contributed by atoms with Gasteiger partial charge >= 0.3 is 0 Å². The molecule has 0 spiro atoms. The van der Waals surface area contributed by atoms with E-state index in [9.17, 15) is 9.18 Å². The number of ether oxygens (including phenoxy) is 2. The Morgan fingerprint density at radius 3 is 2.52 bits per heavy atom. The molecule has 218 valence electrons. The van der Waals surface area contributed by atoms with Crippen molar-refractivity contribution >= 4 is 45.7 Å². The van der Waals surface area contributed by atoms with E-state index in [2.05, 4.69) is 26.1 Å². The summed E-state index contributed by atoms with van der Waals surface area (Å²) in [5.41, 5.74) is 4.27. The summed E-state index contributed by atoms with van der Waals surface area (Å²) >= 11 is 7.64. The van der Waals surface area contributed by atoms with Crippen molar-refractivity contribution < 1.29 is 18.7 Å². The first-order valence-corrected chi connectivity index (χ1v) is 15.1. The van der Waals surface area contributed by atoms with E-state index in [0.717, 1.165) is 36.0 Å². The number of aliphatic imine (C=N–C) groups is 1. The minimum Gasteiger partial charge on any atom is -0.493 e. The van der Waals surface area contributed by atoms with Gasteiger partial charge in [0.05, 0.1) is 12.7 Å². The summed E-state index contributed by atoms with van der Waals surface area (Å²) in [7, 11) is 1.58. The maximum atomic E-state index is 13.6.